The average Bonchev–Trinajstić information content (AvgIpc) is 2.13. The van der Waals surface area contributed by atoms with Crippen molar-refractivity contribution in [3.05, 3.63) is 24.0 Å². The molecule has 0 aromatic heterocycles. The van der Waals surface area contributed by atoms with E-state index in [2.05, 4.69) is 11.8 Å². The molecule has 1 nitrogen and oxygen atoms in total. The van der Waals surface area contributed by atoms with Gasteiger partial charge in [0.25, 0.3) is 0 Å². The molecule has 0 N–H and O–H groups in total. The van der Waals surface area contributed by atoms with E-state index in [4.69, 9.17) is 4.74 Å². The van der Waals surface area contributed by atoms with Crippen molar-refractivity contribution in [2.45, 2.75) is 6.42 Å². The molecule has 0 radical (unpaired) electrons. The first-order valence-electron chi connectivity index (χ1n) is 2.82. The molecule has 0 aliphatic heterocycles. The second-order valence-electron chi connectivity index (χ2n) is 1.67. The molecule has 1 aliphatic carbocycles. The van der Waals surface area contributed by atoms with Crippen molar-refractivity contribution in [2.24, 2.45) is 0 Å². The first-order chi connectivity index (χ1) is 4.43. The normalized spacial score (nSPS) is 15.0. The van der Waals surface area contributed by atoms with E-state index < -0.39 is 0 Å². The van der Waals surface area contributed by atoms with Crippen molar-refractivity contribution in [3.63, 3.8) is 0 Å². The topological polar surface area (TPSA) is 9.23 Å². The van der Waals surface area contributed by atoms with Crippen LogP contribution in [0.4, 0.5) is 0 Å². The summed E-state index contributed by atoms with van der Waals surface area (Å²) >= 11 is 0. The van der Waals surface area contributed by atoms with E-state index in [1.54, 1.807) is 13.2 Å². The zero-order valence-corrected chi connectivity index (χ0v) is 5.35. The summed E-state index contributed by atoms with van der Waals surface area (Å²) in [6.45, 7) is 0. The molecule has 0 saturated heterocycles. The summed E-state index contributed by atoms with van der Waals surface area (Å²) in [6.07, 6.45) is 6.40. The number of hydrogen-bond acceptors (Lipinski definition) is 1. The SMILES string of the molecule is COC1=CCC#CC=C1. The maximum absolute atomic E-state index is 4.97. The van der Waals surface area contributed by atoms with Gasteiger partial charge in [-0.05, 0) is 18.2 Å². The molecule has 1 heteroatoms. The van der Waals surface area contributed by atoms with Gasteiger partial charge in [-0.25, -0.2) is 0 Å². The molecule has 0 unspecified atom stereocenters. The highest BCUT2D eigenvalue weighted by Crippen LogP contribution is 2.00. The minimum absolute atomic E-state index is 0.788. The van der Waals surface area contributed by atoms with Gasteiger partial charge in [0.15, 0.2) is 0 Å². The second-order valence-corrected chi connectivity index (χ2v) is 1.67. The summed E-state index contributed by atoms with van der Waals surface area (Å²) in [5.41, 5.74) is 0. The number of ether oxygens (including phenoxy) is 1. The van der Waals surface area contributed by atoms with E-state index in [0.29, 0.717) is 0 Å². The van der Waals surface area contributed by atoms with Crippen LogP contribution in [0.5, 0.6) is 0 Å². The minimum Gasteiger partial charge on any atom is -0.497 e. The van der Waals surface area contributed by atoms with Crippen LogP contribution >= 0.6 is 0 Å². The summed E-state index contributed by atoms with van der Waals surface area (Å²) in [6, 6.07) is 0. The Bertz CT molecular complexity index is 200. The van der Waals surface area contributed by atoms with Crippen LogP contribution in [0, 0.1) is 11.8 Å². The maximum atomic E-state index is 4.97. The van der Waals surface area contributed by atoms with Crippen LogP contribution < -0.4 is 0 Å². The van der Waals surface area contributed by atoms with Gasteiger partial charge >= 0.3 is 0 Å². The number of hydrogen-bond donors (Lipinski definition) is 0. The molecule has 9 heavy (non-hydrogen) atoms. The predicted molar refractivity (Wildman–Crippen MR) is 36.6 cm³/mol. The maximum Gasteiger partial charge on any atom is 0.116 e. The van der Waals surface area contributed by atoms with Gasteiger partial charge in [0.05, 0.1) is 7.11 Å². The van der Waals surface area contributed by atoms with Gasteiger partial charge < -0.3 is 4.74 Å². The van der Waals surface area contributed by atoms with Crippen LogP contribution in [-0.2, 0) is 4.74 Å². The highest BCUT2D eigenvalue weighted by Gasteiger charge is 1.87. The van der Waals surface area contributed by atoms with E-state index >= 15 is 0 Å². The van der Waals surface area contributed by atoms with E-state index in [0.717, 1.165) is 12.2 Å². The van der Waals surface area contributed by atoms with Crippen molar-refractivity contribution in [1.29, 1.82) is 0 Å². The van der Waals surface area contributed by atoms with Crippen LogP contribution in [0.15, 0.2) is 24.0 Å². The summed E-state index contributed by atoms with van der Waals surface area (Å²) in [4.78, 5) is 0. The molecule has 1 rings (SSSR count). The fourth-order valence-corrected chi connectivity index (χ4v) is 0.613. The summed E-state index contributed by atoms with van der Waals surface area (Å²) in [5.74, 6) is 6.65. The number of methoxy groups -OCH3 is 1. The third-order valence-corrected chi connectivity index (χ3v) is 1.07. The van der Waals surface area contributed by atoms with Crippen LogP contribution in [0.25, 0.3) is 0 Å². The highest BCUT2D eigenvalue weighted by molar-refractivity contribution is 5.28. The van der Waals surface area contributed by atoms with Gasteiger partial charge in [-0.3, -0.25) is 0 Å². The van der Waals surface area contributed by atoms with Crippen molar-refractivity contribution < 1.29 is 4.74 Å². The third-order valence-electron chi connectivity index (χ3n) is 1.07. The Morgan fingerprint density at radius 2 is 2.56 bits per heavy atom. The molecular weight excluding hydrogens is 112 g/mol. The molecule has 0 aromatic carbocycles. The van der Waals surface area contributed by atoms with Crippen LogP contribution in [0.3, 0.4) is 0 Å². The first-order valence-corrected chi connectivity index (χ1v) is 2.82. The molecule has 46 valence electrons. The lowest BCUT2D eigenvalue weighted by Gasteiger charge is -1.95. The lowest BCUT2D eigenvalue weighted by molar-refractivity contribution is 0.306. The minimum atomic E-state index is 0.788. The van der Waals surface area contributed by atoms with E-state index in [1.807, 2.05) is 12.2 Å². The molecule has 0 spiro atoms. The zero-order valence-electron chi connectivity index (χ0n) is 5.35. The molecule has 0 amide bonds. The molecule has 0 saturated carbocycles. The van der Waals surface area contributed by atoms with Gasteiger partial charge in [-0.1, -0.05) is 11.8 Å². The van der Waals surface area contributed by atoms with E-state index in [1.165, 1.54) is 0 Å². The largest absolute Gasteiger partial charge is 0.497 e. The Labute approximate surface area is 55.0 Å². The molecule has 0 bridgehead atoms. The summed E-state index contributed by atoms with van der Waals surface area (Å²) in [5, 5.41) is 0. The van der Waals surface area contributed by atoms with E-state index in [9.17, 15) is 0 Å². The highest BCUT2D eigenvalue weighted by atomic mass is 16.5. The fraction of sp³-hybridized carbons (Fsp3) is 0.250. The molecule has 0 heterocycles. The van der Waals surface area contributed by atoms with Crippen LogP contribution in [0.1, 0.15) is 6.42 Å². The molecule has 0 aromatic rings. The smallest absolute Gasteiger partial charge is 0.116 e. The lowest BCUT2D eigenvalue weighted by atomic mass is 10.4. The van der Waals surface area contributed by atoms with Gasteiger partial charge in [-0.15, -0.1) is 0 Å². The molecule has 0 fully saturated rings. The molecule has 0 atom stereocenters. The van der Waals surface area contributed by atoms with Crippen molar-refractivity contribution in [1.82, 2.24) is 0 Å². The second kappa shape index (κ2) is 2.99. The number of rotatable bonds is 1. The number of allylic oxidation sites excluding steroid dienone is 3. The fourth-order valence-electron chi connectivity index (χ4n) is 0.613. The first kappa shape index (κ1) is 5.97. The Morgan fingerprint density at radius 1 is 1.67 bits per heavy atom. The van der Waals surface area contributed by atoms with Gasteiger partial charge in [0, 0.05) is 6.42 Å². The Kier molecular flexibility index (Phi) is 1.98. The summed E-state index contributed by atoms with van der Waals surface area (Å²) in [7, 11) is 1.65. The lowest BCUT2D eigenvalue weighted by Crippen LogP contribution is -1.78. The Hall–Kier alpha value is -1.16. The van der Waals surface area contributed by atoms with Crippen molar-refractivity contribution >= 4 is 0 Å². The quantitative estimate of drug-likeness (QED) is 0.476. The van der Waals surface area contributed by atoms with Crippen molar-refractivity contribution in [2.75, 3.05) is 7.11 Å². The Balaban J connectivity index is 2.67. The average molecular weight is 120 g/mol. The Morgan fingerprint density at radius 3 is 3.33 bits per heavy atom. The zero-order chi connectivity index (χ0) is 6.53. The standard InChI is InChI=1S/C8H8O/c1-9-8-6-4-2-3-5-7-8/h4,6-7H,5H2,1H3. The monoisotopic (exact) mass is 120 g/mol. The van der Waals surface area contributed by atoms with Crippen LogP contribution in [-0.4, -0.2) is 7.11 Å². The predicted octanol–water partition coefficient (Wildman–Crippen LogP) is 1.48. The van der Waals surface area contributed by atoms with E-state index in [-0.39, 0.29) is 0 Å². The van der Waals surface area contributed by atoms with Crippen molar-refractivity contribution in [3.8, 4) is 11.8 Å². The van der Waals surface area contributed by atoms with Crippen LogP contribution in [0.2, 0.25) is 0 Å². The third kappa shape index (κ3) is 1.65. The van der Waals surface area contributed by atoms with Gasteiger partial charge in [-0.2, -0.15) is 0 Å². The molecular formula is C8H8O. The molecule has 1 aliphatic rings. The summed E-state index contributed by atoms with van der Waals surface area (Å²) < 4.78 is 4.97. The van der Waals surface area contributed by atoms with Gasteiger partial charge in [0.2, 0.25) is 0 Å². The van der Waals surface area contributed by atoms with Gasteiger partial charge in [0.1, 0.15) is 5.76 Å².